The Bertz CT molecular complexity index is 299. The van der Waals surface area contributed by atoms with Gasteiger partial charge < -0.3 is 19.9 Å². The molecular weight excluding hydrogens is 282 g/mol. The minimum absolute atomic E-state index is 0.183. The van der Waals surface area contributed by atoms with Crippen LogP contribution in [0.4, 0.5) is 4.79 Å². The summed E-state index contributed by atoms with van der Waals surface area (Å²) in [5, 5.41) is 11.1. The summed E-state index contributed by atoms with van der Waals surface area (Å²) in [6, 6.07) is -0.915. The molecule has 0 aromatic carbocycles. The molecule has 0 spiro atoms. The number of amides is 1. The molecule has 0 radical (unpaired) electrons. The number of carbonyl (C=O) groups excluding carboxylic acids is 2. The van der Waals surface area contributed by atoms with E-state index in [0.29, 0.717) is 5.75 Å². The zero-order valence-electron chi connectivity index (χ0n) is 10.0. The Morgan fingerprint density at radius 1 is 1.33 bits per heavy atom. The predicted molar refractivity (Wildman–Crippen MR) is 68.5 cm³/mol. The molecular formula is C9H15NO6S2. The van der Waals surface area contributed by atoms with Crippen LogP contribution in [-0.4, -0.2) is 54.4 Å². The molecule has 18 heavy (non-hydrogen) atoms. The smallest absolute Gasteiger partial charge is 0.480 e. The molecule has 7 nitrogen and oxygen atoms in total. The summed E-state index contributed by atoms with van der Waals surface area (Å²) < 4.78 is 8.90. The van der Waals surface area contributed by atoms with E-state index in [1.807, 2.05) is 0 Å². The largest absolute Gasteiger partial charge is 0.508 e. The fourth-order valence-corrected chi connectivity index (χ4v) is 2.80. The van der Waals surface area contributed by atoms with Gasteiger partial charge in [-0.05, 0) is 0 Å². The van der Waals surface area contributed by atoms with E-state index in [-0.39, 0.29) is 18.3 Å². The molecule has 2 N–H and O–H groups in total. The van der Waals surface area contributed by atoms with Crippen LogP contribution in [0, 0.1) is 0 Å². The van der Waals surface area contributed by atoms with Crippen molar-refractivity contribution in [1.29, 1.82) is 0 Å². The third-order valence-electron chi connectivity index (χ3n) is 1.55. The molecule has 0 rings (SSSR count). The van der Waals surface area contributed by atoms with Crippen LogP contribution >= 0.6 is 21.6 Å². The van der Waals surface area contributed by atoms with E-state index < -0.39 is 18.2 Å². The molecule has 0 aromatic heterocycles. The van der Waals surface area contributed by atoms with Gasteiger partial charge in [-0.25, -0.2) is 9.59 Å². The molecule has 0 aliphatic carbocycles. The van der Waals surface area contributed by atoms with Crippen LogP contribution in [0.25, 0.3) is 0 Å². The first-order chi connectivity index (χ1) is 8.47. The second kappa shape index (κ2) is 9.89. The average molecular weight is 297 g/mol. The maximum Gasteiger partial charge on any atom is 0.508 e. The molecule has 9 heteroatoms. The molecule has 1 unspecified atom stereocenters. The van der Waals surface area contributed by atoms with Gasteiger partial charge in [-0.1, -0.05) is 21.6 Å². The molecule has 0 heterocycles. The van der Waals surface area contributed by atoms with Crippen molar-refractivity contribution < 1.29 is 29.0 Å². The second-order valence-corrected chi connectivity index (χ2v) is 5.63. The fraction of sp³-hybridized carbons (Fsp3) is 0.667. The van der Waals surface area contributed by atoms with Crippen molar-refractivity contribution in [2.24, 2.45) is 0 Å². The number of methoxy groups -OCH3 is 1. The van der Waals surface area contributed by atoms with E-state index in [1.165, 1.54) is 35.6 Å². The monoisotopic (exact) mass is 297 g/mol. The molecule has 0 saturated heterocycles. The Morgan fingerprint density at radius 2 is 2.00 bits per heavy atom. The number of rotatable bonds is 8. The first-order valence-corrected chi connectivity index (χ1v) is 7.41. The average Bonchev–Trinajstić information content (AvgIpc) is 2.30. The van der Waals surface area contributed by atoms with E-state index in [4.69, 9.17) is 5.11 Å². The Kier molecular flexibility index (Phi) is 9.29. The molecule has 0 aliphatic rings. The van der Waals surface area contributed by atoms with E-state index in [9.17, 15) is 14.4 Å². The van der Waals surface area contributed by atoms with Gasteiger partial charge in [0, 0.05) is 18.4 Å². The fourth-order valence-electron chi connectivity index (χ4n) is 0.813. The standard InChI is InChI=1S/C9H15NO6S2/c1-6(11)10-7(8(12)13)5-18-17-4-3-16-9(14)15-2/h7H,3-5H2,1-2H3,(H,10,11)(H,12,13). The van der Waals surface area contributed by atoms with E-state index in [1.54, 1.807) is 0 Å². The molecule has 0 saturated carbocycles. The van der Waals surface area contributed by atoms with Crippen molar-refractivity contribution in [2.75, 3.05) is 25.2 Å². The molecule has 0 aromatic rings. The molecule has 0 aliphatic heterocycles. The Balaban J connectivity index is 3.64. The van der Waals surface area contributed by atoms with Crippen LogP contribution in [0.15, 0.2) is 0 Å². The number of aliphatic carboxylic acids is 1. The maximum atomic E-state index is 10.8. The van der Waals surface area contributed by atoms with Gasteiger partial charge in [0.25, 0.3) is 0 Å². The van der Waals surface area contributed by atoms with Gasteiger partial charge >= 0.3 is 12.1 Å². The number of ether oxygens (including phenoxy) is 2. The maximum absolute atomic E-state index is 10.8. The summed E-state index contributed by atoms with van der Waals surface area (Å²) in [5.41, 5.74) is 0. The van der Waals surface area contributed by atoms with Gasteiger partial charge in [0.05, 0.1) is 7.11 Å². The van der Waals surface area contributed by atoms with E-state index in [0.717, 1.165) is 0 Å². The summed E-state index contributed by atoms with van der Waals surface area (Å²) in [6.45, 7) is 1.44. The van der Waals surface area contributed by atoms with Crippen LogP contribution < -0.4 is 5.32 Å². The van der Waals surface area contributed by atoms with Crippen LogP contribution in [0.2, 0.25) is 0 Å². The summed E-state index contributed by atoms with van der Waals surface area (Å²) in [6.07, 6.45) is -0.748. The van der Waals surface area contributed by atoms with Crippen molar-refractivity contribution in [2.45, 2.75) is 13.0 Å². The van der Waals surface area contributed by atoms with Gasteiger partial charge in [0.1, 0.15) is 12.6 Å². The molecule has 0 fully saturated rings. The van der Waals surface area contributed by atoms with Crippen LogP contribution in [0.1, 0.15) is 6.92 Å². The van der Waals surface area contributed by atoms with Gasteiger partial charge in [-0.3, -0.25) is 4.79 Å². The lowest BCUT2D eigenvalue weighted by Gasteiger charge is -2.12. The lowest BCUT2D eigenvalue weighted by Crippen LogP contribution is -2.41. The van der Waals surface area contributed by atoms with Crippen LogP contribution in [0.5, 0.6) is 0 Å². The topological polar surface area (TPSA) is 102 Å². The minimum atomic E-state index is -1.08. The highest BCUT2D eigenvalue weighted by Gasteiger charge is 2.18. The summed E-state index contributed by atoms with van der Waals surface area (Å²) in [4.78, 5) is 32.1. The van der Waals surface area contributed by atoms with Crippen molar-refractivity contribution >= 4 is 39.6 Å². The van der Waals surface area contributed by atoms with E-state index in [2.05, 4.69) is 14.8 Å². The highest BCUT2D eigenvalue weighted by molar-refractivity contribution is 8.76. The quantitative estimate of drug-likeness (QED) is 0.384. The predicted octanol–water partition coefficient (Wildman–Crippen LogP) is 0.740. The zero-order chi connectivity index (χ0) is 14.0. The minimum Gasteiger partial charge on any atom is -0.480 e. The highest BCUT2D eigenvalue weighted by Crippen LogP contribution is 2.21. The Morgan fingerprint density at radius 3 is 2.50 bits per heavy atom. The molecule has 1 atom stereocenters. The third kappa shape index (κ3) is 8.99. The van der Waals surface area contributed by atoms with Gasteiger partial charge in [-0.15, -0.1) is 0 Å². The normalized spacial score (nSPS) is 11.4. The number of nitrogens with one attached hydrogen (secondary N) is 1. The molecule has 0 bridgehead atoms. The van der Waals surface area contributed by atoms with Crippen molar-refractivity contribution in [1.82, 2.24) is 5.32 Å². The van der Waals surface area contributed by atoms with E-state index >= 15 is 0 Å². The molecule has 1 amide bonds. The Hall–Kier alpha value is -1.09. The van der Waals surface area contributed by atoms with Gasteiger partial charge in [0.15, 0.2) is 0 Å². The number of carboxylic acid groups (broad SMARTS) is 1. The Labute approximate surface area is 112 Å². The van der Waals surface area contributed by atoms with Gasteiger partial charge in [0.2, 0.25) is 5.91 Å². The SMILES string of the molecule is COC(=O)OCCSSCC(NC(C)=O)C(=O)O. The van der Waals surface area contributed by atoms with Crippen LogP contribution in [0.3, 0.4) is 0 Å². The summed E-state index contributed by atoms with van der Waals surface area (Å²) in [7, 11) is 3.85. The molecule has 104 valence electrons. The number of hydrogen-bond donors (Lipinski definition) is 2. The van der Waals surface area contributed by atoms with Crippen molar-refractivity contribution in [3.63, 3.8) is 0 Å². The lowest BCUT2D eigenvalue weighted by molar-refractivity contribution is -0.140. The number of carboxylic acids is 1. The third-order valence-corrected chi connectivity index (χ3v) is 3.92. The van der Waals surface area contributed by atoms with Gasteiger partial charge in [-0.2, -0.15) is 0 Å². The van der Waals surface area contributed by atoms with Crippen molar-refractivity contribution in [3.05, 3.63) is 0 Å². The zero-order valence-corrected chi connectivity index (χ0v) is 11.6. The van der Waals surface area contributed by atoms with Crippen molar-refractivity contribution in [3.8, 4) is 0 Å². The van der Waals surface area contributed by atoms with Crippen LogP contribution in [-0.2, 0) is 19.1 Å². The number of carbonyl (C=O) groups is 3. The summed E-state index contributed by atoms with van der Waals surface area (Å²) in [5.74, 6) is -0.726. The first kappa shape index (κ1) is 16.9. The second-order valence-electron chi connectivity index (χ2n) is 3.00. The summed E-state index contributed by atoms with van der Waals surface area (Å²) >= 11 is 0. The lowest BCUT2D eigenvalue weighted by atomic mass is 10.3. The first-order valence-electron chi connectivity index (χ1n) is 4.92. The highest BCUT2D eigenvalue weighted by atomic mass is 33.1. The number of hydrogen-bond acceptors (Lipinski definition) is 7.